The molecule has 2 aromatic carbocycles. The van der Waals surface area contributed by atoms with Crippen LogP contribution in [0.1, 0.15) is 43.5 Å². The third-order valence-corrected chi connectivity index (χ3v) is 7.83. The van der Waals surface area contributed by atoms with Crippen molar-refractivity contribution in [3.63, 3.8) is 0 Å². The molecule has 0 radical (unpaired) electrons. The summed E-state index contributed by atoms with van der Waals surface area (Å²) in [5, 5.41) is 0. The minimum absolute atomic E-state index is 0.192. The number of ether oxygens (including phenoxy) is 4. The summed E-state index contributed by atoms with van der Waals surface area (Å²) in [4.78, 5) is 32.3. The number of rotatable bonds is 8. The monoisotopic (exact) mass is 600 g/mol. The highest BCUT2D eigenvalue weighted by Crippen LogP contribution is 2.41. The van der Waals surface area contributed by atoms with E-state index in [0.29, 0.717) is 48.7 Å². The molecule has 200 valence electrons. The van der Waals surface area contributed by atoms with Gasteiger partial charge in [-0.2, -0.15) is 0 Å². The molecule has 2 heterocycles. The normalized spacial score (nSPS) is 15.1. The first-order valence-corrected chi connectivity index (χ1v) is 13.7. The Morgan fingerprint density at radius 1 is 1.11 bits per heavy atom. The molecule has 1 aliphatic heterocycles. The summed E-state index contributed by atoms with van der Waals surface area (Å²) in [6.45, 7) is 7.98. The van der Waals surface area contributed by atoms with Crippen molar-refractivity contribution in [1.82, 2.24) is 4.57 Å². The van der Waals surface area contributed by atoms with E-state index in [2.05, 4.69) is 20.9 Å². The number of benzene rings is 2. The second-order valence-corrected chi connectivity index (χ2v) is 10.3. The predicted molar refractivity (Wildman–Crippen MR) is 150 cm³/mol. The molecule has 0 saturated heterocycles. The van der Waals surface area contributed by atoms with Gasteiger partial charge in [-0.3, -0.25) is 9.36 Å². The van der Waals surface area contributed by atoms with Gasteiger partial charge in [0.05, 0.1) is 49.3 Å². The third-order valence-electron chi connectivity index (χ3n) is 6.16. The van der Waals surface area contributed by atoms with Crippen LogP contribution in [0.15, 0.2) is 55.9 Å². The van der Waals surface area contributed by atoms with Gasteiger partial charge in [-0.25, -0.2) is 9.79 Å². The molecular weight excluding hydrogens is 572 g/mol. The molecule has 0 spiro atoms. The van der Waals surface area contributed by atoms with Gasteiger partial charge in [-0.15, -0.1) is 0 Å². The van der Waals surface area contributed by atoms with Crippen LogP contribution >= 0.6 is 27.3 Å². The highest BCUT2D eigenvalue weighted by atomic mass is 79.9. The molecule has 1 atom stereocenters. The Bertz CT molecular complexity index is 1600. The summed E-state index contributed by atoms with van der Waals surface area (Å²) in [5.74, 6) is 1.24. The van der Waals surface area contributed by atoms with E-state index >= 15 is 0 Å². The number of thiazole rings is 1. The number of allylic oxidation sites excluding steroid dienone is 1. The van der Waals surface area contributed by atoms with Gasteiger partial charge in [-0.05, 0) is 74.7 Å². The zero-order valence-corrected chi connectivity index (χ0v) is 24.5. The first-order valence-electron chi connectivity index (χ1n) is 12.1. The van der Waals surface area contributed by atoms with Crippen molar-refractivity contribution in [1.29, 1.82) is 0 Å². The van der Waals surface area contributed by atoms with E-state index in [1.807, 2.05) is 38.1 Å². The number of aromatic nitrogens is 1. The summed E-state index contributed by atoms with van der Waals surface area (Å²) in [6.07, 6.45) is 1.84. The first-order chi connectivity index (χ1) is 18.2. The van der Waals surface area contributed by atoms with Gasteiger partial charge in [0.2, 0.25) is 0 Å². The molecule has 1 aliphatic rings. The molecule has 3 aromatic rings. The summed E-state index contributed by atoms with van der Waals surface area (Å²) in [6, 6.07) is 8.45. The fraction of sp³-hybridized carbons (Fsp3) is 0.321. The Labute approximate surface area is 233 Å². The van der Waals surface area contributed by atoms with Gasteiger partial charge in [0, 0.05) is 4.47 Å². The molecule has 4 rings (SSSR count). The quantitative estimate of drug-likeness (QED) is 0.359. The number of hydrogen-bond acceptors (Lipinski definition) is 8. The van der Waals surface area contributed by atoms with Crippen LogP contribution in [-0.2, 0) is 9.53 Å². The maximum absolute atomic E-state index is 13.9. The number of methoxy groups -OCH3 is 2. The van der Waals surface area contributed by atoms with Crippen LogP contribution in [0.3, 0.4) is 0 Å². The molecule has 1 aromatic heterocycles. The van der Waals surface area contributed by atoms with Gasteiger partial charge in [0.15, 0.2) is 16.3 Å². The summed E-state index contributed by atoms with van der Waals surface area (Å²) in [7, 11) is 3.16. The molecule has 0 fully saturated rings. The lowest BCUT2D eigenvalue weighted by atomic mass is 9.95. The lowest BCUT2D eigenvalue weighted by molar-refractivity contribution is -0.139. The van der Waals surface area contributed by atoms with E-state index in [1.54, 1.807) is 44.8 Å². The van der Waals surface area contributed by atoms with Gasteiger partial charge in [-0.1, -0.05) is 33.3 Å². The van der Waals surface area contributed by atoms with E-state index in [0.717, 1.165) is 16.9 Å². The van der Waals surface area contributed by atoms with Crippen LogP contribution < -0.4 is 29.1 Å². The summed E-state index contributed by atoms with van der Waals surface area (Å²) < 4.78 is 24.7. The number of hydrogen-bond donors (Lipinski definition) is 0. The van der Waals surface area contributed by atoms with Gasteiger partial charge in [0.1, 0.15) is 5.75 Å². The second kappa shape index (κ2) is 11.6. The van der Waals surface area contributed by atoms with E-state index in [9.17, 15) is 9.59 Å². The standard InChI is InChI=1S/C28H29BrN2O6S/c1-7-36-22-14-20(29)19(13-21(22)35-6)25-24(27(33)37-8-2)16(4)30-28-31(25)26(32)23(38-28)12-17-9-10-18(34-5)11-15(17)3/h9-14,25H,7-8H2,1-6H3/b23-12+/t25-/m1/s1. The van der Waals surface area contributed by atoms with E-state index in [1.165, 1.54) is 11.3 Å². The highest BCUT2D eigenvalue weighted by molar-refractivity contribution is 9.10. The van der Waals surface area contributed by atoms with Crippen molar-refractivity contribution in [3.05, 3.63) is 82.5 Å². The van der Waals surface area contributed by atoms with Crippen molar-refractivity contribution in [2.45, 2.75) is 33.7 Å². The average molecular weight is 602 g/mol. The molecule has 0 saturated carbocycles. The second-order valence-electron chi connectivity index (χ2n) is 8.48. The number of nitrogens with zero attached hydrogens (tertiary/aromatic N) is 2. The Balaban J connectivity index is 1.99. The minimum atomic E-state index is -0.789. The van der Waals surface area contributed by atoms with Crippen LogP contribution in [0.4, 0.5) is 0 Å². The third kappa shape index (κ3) is 5.15. The SMILES string of the molecule is CCOC(=O)C1=C(C)N=c2s/c(=C/c3ccc(OC)cc3C)c(=O)n2[C@@H]1c1cc(OC)c(OCC)cc1Br. The molecule has 38 heavy (non-hydrogen) atoms. The largest absolute Gasteiger partial charge is 0.497 e. The molecule has 0 aliphatic carbocycles. The van der Waals surface area contributed by atoms with Crippen LogP contribution in [0, 0.1) is 6.92 Å². The van der Waals surface area contributed by atoms with Crippen molar-refractivity contribution < 1.29 is 23.7 Å². The molecule has 0 bridgehead atoms. The van der Waals surface area contributed by atoms with Crippen molar-refractivity contribution >= 4 is 39.3 Å². The fourth-order valence-corrected chi connectivity index (χ4v) is 5.93. The Hall–Kier alpha value is -3.37. The Morgan fingerprint density at radius 2 is 1.87 bits per heavy atom. The minimum Gasteiger partial charge on any atom is -0.497 e. The van der Waals surface area contributed by atoms with Crippen molar-refractivity contribution in [2.75, 3.05) is 27.4 Å². The molecule has 0 unspecified atom stereocenters. The number of aryl methyl sites for hydroxylation is 1. The summed E-state index contributed by atoms with van der Waals surface area (Å²) in [5.41, 5.74) is 3.02. The maximum atomic E-state index is 13.9. The first kappa shape index (κ1) is 27.7. The van der Waals surface area contributed by atoms with E-state index in [-0.39, 0.29) is 12.2 Å². The maximum Gasteiger partial charge on any atom is 0.338 e. The van der Waals surface area contributed by atoms with E-state index < -0.39 is 12.0 Å². The topological polar surface area (TPSA) is 88.4 Å². The Morgan fingerprint density at radius 3 is 2.50 bits per heavy atom. The number of esters is 1. The molecule has 8 nitrogen and oxygen atoms in total. The zero-order chi connectivity index (χ0) is 27.6. The molecule has 0 N–H and O–H groups in total. The smallest absolute Gasteiger partial charge is 0.338 e. The van der Waals surface area contributed by atoms with Crippen LogP contribution in [0.2, 0.25) is 0 Å². The average Bonchev–Trinajstić information content (AvgIpc) is 3.19. The highest BCUT2D eigenvalue weighted by Gasteiger charge is 2.35. The number of fused-ring (bicyclic) bond motifs is 1. The molecular formula is C28H29BrN2O6S. The molecule has 10 heteroatoms. The number of halogens is 1. The van der Waals surface area contributed by atoms with Gasteiger partial charge in [0.25, 0.3) is 5.56 Å². The van der Waals surface area contributed by atoms with Crippen LogP contribution in [0.5, 0.6) is 17.2 Å². The molecule has 0 amide bonds. The van der Waals surface area contributed by atoms with Gasteiger partial charge >= 0.3 is 5.97 Å². The van der Waals surface area contributed by atoms with Crippen LogP contribution in [0.25, 0.3) is 6.08 Å². The predicted octanol–water partition coefficient (Wildman–Crippen LogP) is 4.29. The zero-order valence-electron chi connectivity index (χ0n) is 22.1. The van der Waals surface area contributed by atoms with E-state index in [4.69, 9.17) is 18.9 Å². The van der Waals surface area contributed by atoms with Crippen molar-refractivity contribution in [2.24, 2.45) is 4.99 Å². The Kier molecular flexibility index (Phi) is 8.42. The lowest BCUT2D eigenvalue weighted by Crippen LogP contribution is -2.40. The fourth-order valence-electron chi connectivity index (χ4n) is 4.35. The van der Waals surface area contributed by atoms with Crippen molar-refractivity contribution in [3.8, 4) is 17.2 Å². The van der Waals surface area contributed by atoms with Crippen LogP contribution in [-0.4, -0.2) is 38.0 Å². The number of carbonyl (C=O) groups excluding carboxylic acids is 1. The summed E-state index contributed by atoms with van der Waals surface area (Å²) >= 11 is 4.91. The number of carbonyl (C=O) groups is 1. The lowest BCUT2D eigenvalue weighted by Gasteiger charge is -2.26. The van der Waals surface area contributed by atoms with Gasteiger partial charge < -0.3 is 18.9 Å².